The Bertz CT molecular complexity index is 1020. The van der Waals surface area contributed by atoms with Crippen molar-refractivity contribution in [3.8, 4) is 11.6 Å². The second-order valence-corrected chi connectivity index (χ2v) is 5.83. The quantitative estimate of drug-likeness (QED) is 0.652. The van der Waals surface area contributed by atoms with Crippen molar-refractivity contribution < 1.29 is 4.74 Å². The van der Waals surface area contributed by atoms with Gasteiger partial charge < -0.3 is 4.74 Å². The first-order valence-corrected chi connectivity index (χ1v) is 8.12. The molecule has 0 N–H and O–H groups in total. The highest BCUT2D eigenvalue weighted by Crippen LogP contribution is 2.19. The van der Waals surface area contributed by atoms with Crippen LogP contribution in [0.5, 0.6) is 5.88 Å². The molecular formula is C18H20N6O2. The maximum Gasteiger partial charge on any atom is 0.368 e. The van der Waals surface area contributed by atoms with Gasteiger partial charge in [-0.15, -0.1) is 0 Å². The van der Waals surface area contributed by atoms with Crippen LogP contribution in [0.15, 0.2) is 46.2 Å². The fraction of sp³-hybridized carbons (Fsp3) is 0.278. The number of hydrogen-bond donors (Lipinski definition) is 0. The lowest BCUT2D eigenvalue weighted by Gasteiger charge is -2.13. The Morgan fingerprint density at radius 1 is 1.19 bits per heavy atom. The fourth-order valence-electron chi connectivity index (χ4n) is 2.50. The number of aromatic nitrogens is 5. The summed E-state index contributed by atoms with van der Waals surface area (Å²) >= 11 is 0. The van der Waals surface area contributed by atoms with Crippen molar-refractivity contribution in [3.05, 3.63) is 63.7 Å². The van der Waals surface area contributed by atoms with Gasteiger partial charge in [-0.25, -0.2) is 9.78 Å². The average molecular weight is 352 g/mol. The number of hydrogen-bond acceptors (Lipinski definition) is 6. The normalized spacial score (nSPS) is 11.6. The van der Waals surface area contributed by atoms with E-state index < -0.39 is 0 Å². The van der Waals surface area contributed by atoms with Crippen molar-refractivity contribution in [2.45, 2.75) is 20.5 Å². The molecule has 0 saturated heterocycles. The molecule has 2 heterocycles. The van der Waals surface area contributed by atoms with E-state index in [2.05, 4.69) is 20.4 Å². The number of pyridine rings is 1. The van der Waals surface area contributed by atoms with E-state index >= 15 is 0 Å². The van der Waals surface area contributed by atoms with Crippen LogP contribution < -0.4 is 10.4 Å². The number of rotatable bonds is 5. The molecular weight excluding hydrogens is 332 g/mol. The lowest BCUT2D eigenvalue weighted by molar-refractivity contribution is 0.292. The molecule has 3 aromatic rings. The molecule has 2 aromatic heterocycles. The Labute approximate surface area is 150 Å². The summed E-state index contributed by atoms with van der Waals surface area (Å²) in [6.45, 7) is 4.11. The number of aliphatic imine (C=N–C) groups is 1. The third kappa shape index (κ3) is 3.39. The van der Waals surface area contributed by atoms with Gasteiger partial charge in [-0.3, -0.25) is 4.99 Å². The lowest BCUT2D eigenvalue weighted by atomic mass is 10.1. The Kier molecular flexibility index (Phi) is 4.92. The molecule has 0 fully saturated rings. The van der Waals surface area contributed by atoms with Crippen LogP contribution >= 0.6 is 0 Å². The zero-order valence-corrected chi connectivity index (χ0v) is 15.2. The third-order valence-corrected chi connectivity index (χ3v) is 4.13. The molecule has 0 aliphatic rings. The van der Waals surface area contributed by atoms with Gasteiger partial charge in [-0.2, -0.15) is 9.36 Å². The SMILES string of the molecule is CN=C(C)c1cccc(OCc2c(C)cccc2-n2nnn(C)c2=O)n1. The summed E-state index contributed by atoms with van der Waals surface area (Å²) in [7, 11) is 3.29. The van der Waals surface area contributed by atoms with Crippen LogP contribution in [-0.4, -0.2) is 37.5 Å². The largest absolute Gasteiger partial charge is 0.473 e. The summed E-state index contributed by atoms with van der Waals surface area (Å²) in [5, 5.41) is 7.69. The van der Waals surface area contributed by atoms with Gasteiger partial charge in [0.25, 0.3) is 0 Å². The fourth-order valence-corrected chi connectivity index (χ4v) is 2.50. The average Bonchev–Trinajstić information content (AvgIpc) is 2.99. The molecule has 3 rings (SSSR count). The summed E-state index contributed by atoms with van der Waals surface area (Å²) < 4.78 is 8.33. The highest BCUT2D eigenvalue weighted by molar-refractivity contribution is 5.96. The van der Waals surface area contributed by atoms with E-state index in [1.165, 1.54) is 9.36 Å². The molecule has 0 amide bonds. The first kappa shape index (κ1) is 17.5. The maximum atomic E-state index is 12.2. The summed E-state index contributed by atoms with van der Waals surface area (Å²) in [5.74, 6) is 0.492. The van der Waals surface area contributed by atoms with Crippen LogP contribution in [-0.2, 0) is 13.7 Å². The van der Waals surface area contributed by atoms with Crippen LogP contribution in [0.2, 0.25) is 0 Å². The molecule has 26 heavy (non-hydrogen) atoms. The first-order chi connectivity index (χ1) is 12.5. The smallest absolute Gasteiger partial charge is 0.368 e. The second-order valence-electron chi connectivity index (χ2n) is 5.83. The molecule has 0 aliphatic carbocycles. The van der Waals surface area contributed by atoms with Crippen LogP contribution in [0.4, 0.5) is 0 Å². The van der Waals surface area contributed by atoms with E-state index in [4.69, 9.17) is 4.74 Å². The van der Waals surface area contributed by atoms with E-state index in [1.54, 1.807) is 20.2 Å². The molecule has 0 atom stereocenters. The monoisotopic (exact) mass is 352 g/mol. The van der Waals surface area contributed by atoms with Gasteiger partial charge in [0.1, 0.15) is 6.61 Å². The molecule has 0 aliphatic heterocycles. The van der Waals surface area contributed by atoms with Crippen molar-refractivity contribution in [1.29, 1.82) is 0 Å². The van der Waals surface area contributed by atoms with E-state index in [-0.39, 0.29) is 12.3 Å². The van der Waals surface area contributed by atoms with Crippen molar-refractivity contribution in [3.63, 3.8) is 0 Å². The van der Waals surface area contributed by atoms with Gasteiger partial charge in [0.2, 0.25) is 5.88 Å². The Balaban J connectivity index is 1.92. The molecule has 1 aromatic carbocycles. The summed E-state index contributed by atoms with van der Waals surface area (Å²) in [6, 6.07) is 11.2. The molecule has 0 spiro atoms. The molecule has 0 unspecified atom stereocenters. The molecule has 8 heteroatoms. The Morgan fingerprint density at radius 3 is 2.65 bits per heavy atom. The van der Waals surface area contributed by atoms with Crippen LogP contribution in [0.1, 0.15) is 23.7 Å². The second kappa shape index (κ2) is 7.30. The third-order valence-electron chi connectivity index (χ3n) is 4.13. The first-order valence-electron chi connectivity index (χ1n) is 8.12. The van der Waals surface area contributed by atoms with E-state index in [1.807, 2.05) is 44.2 Å². The molecule has 8 nitrogen and oxygen atoms in total. The van der Waals surface area contributed by atoms with Gasteiger partial charge in [0.05, 0.1) is 17.1 Å². The van der Waals surface area contributed by atoms with Crippen molar-refractivity contribution in [2.75, 3.05) is 7.05 Å². The zero-order valence-electron chi connectivity index (χ0n) is 15.2. The van der Waals surface area contributed by atoms with Crippen molar-refractivity contribution in [1.82, 2.24) is 24.8 Å². The minimum absolute atomic E-state index is 0.254. The topological polar surface area (TPSA) is 87.2 Å². The van der Waals surface area contributed by atoms with Crippen LogP contribution in [0.3, 0.4) is 0 Å². The summed E-state index contributed by atoms with van der Waals surface area (Å²) in [6.07, 6.45) is 0. The predicted octanol–water partition coefficient (Wildman–Crippen LogP) is 1.69. The molecule has 0 saturated carbocycles. The van der Waals surface area contributed by atoms with Crippen molar-refractivity contribution >= 4 is 5.71 Å². The minimum Gasteiger partial charge on any atom is -0.473 e. The Morgan fingerprint density at radius 2 is 1.96 bits per heavy atom. The standard InChI is InChI=1S/C18H20N6O2/c1-12-7-5-9-16(24-18(25)23(4)21-22-24)14(12)11-26-17-10-6-8-15(20-17)13(2)19-3/h5-10H,11H2,1-4H3. The van der Waals surface area contributed by atoms with Crippen LogP contribution in [0, 0.1) is 6.92 Å². The van der Waals surface area contributed by atoms with Gasteiger partial charge in [-0.1, -0.05) is 18.2 Å². The van der Waals surface area contributed by atoms with Crippen molar-refractivity contribution in [2.24, 2.45) is 12.0 Å². The molecule has 134 valence electrons. The van der Waals surface area contributed by atoms with E-state index in [9.17, 15) is 4.79 Å². The predicted molar refractivity (Wildman–Crippen MR) is 98.0 cm³/mol. The van der Waals surface area contributed by atoms with Gasteiger partial charge in [-0.05, 0) is 42.0 Å². The number of ether oxygens (including phenoxy) is 1. The highest BCUT2D eigenvalue weighted by Gasteiger charge is 2.14. The summed E-state index contributed by atoms with van der Waals surface area (Å²) in [4.78, 5) is 20.8. The van der Waals surface area contributed by atoms with Crippen LogP contribution in [0.25, 0.3) is 5.69 Å². The minimum atomic E-state index is -0.313. The van der Waals surface area contributed by atoms with E-state index in [0.717, 1.165) is 22.5 Å². The number of benzene rings is 1. The number of aryl methyl sites for hydroxylation is 2. The highest BCUT2D eigenvalue weighted by atomic mass is 16.5. The number of nitrogens with zero attached hydrogens (tertiary/aromatic N) is 6. The van der Waals surface area contributed by atoms with E-state index in [0.29, 0.717) is 11.6 Å². The molecule has 0 bridgehead atoms. The zero-order chi connectivity index (χ0) is 18.7. The lowest BCUT2D eigenvalue weighted by Crippen LogP contribution is -2.23. The Hall–Kier alpha value is -3.29. The van der Waals surface area contributed by atoms with Gasteiger partial charge in [0.15, 0.2) is 0 Å². The van der Waals surface area contributed by atoms with Gasteiger partial charge in [0, 0.05) is 25.7 Å². The molecule has 0 radical (unpaired) electrons. The summed E-state index contributed by atoms with van der Waals surface area (Å²) in [5.41, 5.74) is 3.77. The van der Waals surface area contributed by atoms with Gasteiger partial charge >= 0.3 is 5.69 Å². The maximum absolute atomic E-state index is 12.2. The number of tetrazole rings is 1.